The maximum absolute atomic E-state index is 2.39. The SMILES string of the molecule is c1ccc(-c2ccc(-c3ccc(N(c4cccc(-c5cccc6ccccc56)c4)c4cccc(-c5cc6ccccc6c6ccccc56)c4)cc3)cc2)cc1. The molecule has 0 aliphatic carbocycles. The van der Waals surface area contributed by atoms with Crippen molar-refractivity contribution >= 4 is 49.4 Å². The van der Waals surface area contributed by atoms with Gasteiger partial charge in [0.25, 0.3) is 0 Å². The number of benzene rings is 10. The van der Waals surface area contributed by atoms with Crippen LogP contribution in [0, 0.1) is 0 Å². The third kappa shape index (κ3) is 6.12. The first kappa shape index (κ1) is 32.4. The van der Waals surface area contributed by atoms with Crippen molar-refractivity contribution in [2.24, 2.45) is 0 Å². The molecule has 0 heterocycles. The number of fused-ring (bicyclic) bond motifs is 4. The van der Waals surface area contributed by atoms with E-state index in [-0.39, 0.29) is 0 Å². The lowest BCUT2D eigenvalue weighted by atomic mass is 9.93. The smallest absolute Gasteiger partial charge is 0.0467 e. The summed E-state index contributed by atoms with van der Waals surface area (Å²) in [6, 6.07) is 81.4. The highest BCUT2D eigenvalue weighted by molar-refractivity contribution is 6.14. The molecule has 0 saturated carbocycles. The number of hydrogen-bond acceptors (Lipinski definition) is 1. The normalized spacial score (nSPS) is 11.3. The van der Waals surface area contributed by atoms with E-state index in [1.54, 1.807) is 0 Å². The molecule has 1 nitrogen and oxygen atoms in total. The molecular weight excluding hydrogens is 663 g/mol. The molecular formula is C54H37N. The maximum atomic E-state index is 2.39. The van der Waals surface area contributed by atoms with Gasteiger partial charge < -0.3 is 4.90 Å². The predicted octanol–water partition coefficient (Wildman–Crippen LogP) is 15.3. The summed E-state index contributed by atoms with van der Waals surface area (Å²) in [5.41, 5.74) is 13.0. The maximum Gasteiger partial charge on any atom is 0.0467 e. The quantitative estimate of drug-likeness (QED) is 0.150. The summed E-state index contributed by atoms with van der Waals surface area (Å²) in [5.74, 6) is 0. The largest absolute Gasteiger partial charge is 0.310 e. The van der Waals surface area contributed by atoms with E-state index in [1.807, 2.05) is 0 Å². The zero-order valence-electron chi connectivity index (χ0n) is 30.3. The molecule has 0 amide bonds. The minimum absolute atomic E-state index is 1.10. The first-order chi connectivity index (χ1) is 27.3. The van der Waals surface area contributed by atoms with Crippen LogP contribution in [0.5, 0.6) is 0 Å². The first-order valence-electron chi connectivity index (χ1n) is 18.9. The van der Waals surface area contributed by atoms with E-state index in [0.717, 1.165) is 17.1 Å². The summed E-state index contributed by atoms with van der Waals surface area (Å²) < 4.78 is 0. The summed E-state index contributed by atoms with van der Waals surface area (Å²) in [7, 11) is 0. The molecule has 0 fully saturated rings. The van der Waals surface area contributed by atoms with Gasteiger partial charge in [0.2, 0.25) is 0 Å². The highest BCUT2D eigenvalue weighted by Crippen LogP contribution is 2.42. The Bertz CT molecular complexity index is 2950. The lowest BCUT2D eigenvalue weighted by Crippen LogP contribution is -2.10. The van der Waals surface area contributed by atoms with Gasteiger partial charge in [-0.05, 0) is 119 Å². The van der Waals surface area contributed by atoms with Crippen LogP contribution >= 0.6 is 0 Å². The Kier molecular flexibility index (Phi) is 8.24. The van der Waals surface area contributed by atoms with Crippen LogP contribution in [0.1, 0.15) is 0 Å². The molecule has 0 radical (unpaired) electrons. The van der Waals surface area contributed by atoms with E-state index < -0.39 is 0 Å². The van der Waals surface area contributed by atoms with Crippen molar-refractivity contribution in [1.82, 2.24) is 0 Å². The first-order valence-corrected chi connectivity index (χ1v) is 18.9. The van der Waals surface area contributed by atoms with Gasteiger partial charge in [0, 0.05) is 17.1 Å². The summed E-state index contributed by atoms with van der Waals surface area (Å²) in [4.78, 5) is 2.39. The van der Waals surface area contributed by atoms with Crippen molar-refractivity contribution in [3.8, 4) is 44.5 Å². The third-order valence-corrected chi connectivity index (χ3v) is 10.8. The van der Waals surface area contributed by atoms with Crippen molar-refractivity contribution in [3.05, 3.63) is 224 Å². The van der Waals surface area contributed by atoms with Gasteiger partial charge in [0.15, 0.2) is 0 Å². The summed E-state index contributed by atoms with van der Waals surface area (Å²) in [5, 5.41) is 7.54. The molecule has 10 rings (SSSR count). The van der Waals surface area contributed by atoms with Crippen LogP contribution in [-0.2, 0) is 0 Å². The van der Waals surface area contributed by atoms with Crippen molar-refractivity contribution in [2.75, 3.05) is 4.90 Å². The molecule has 1 heteroatoms. The van der Waals surface area contributed by atoms with E-state index in [2.05, 4.69) is 229 Å². The summed E-state index contributed by atoms with van der Waals surface area (Å²) in [6.07, 6.45) is 0. The fraction of sp³-hybridized carbons (Fsp3) is 0. The fourth-order valence-electron chi connectivity index (χ4n) is 8.13. The second-order valence-corrected chi connectivity index (χ2v) is 14.1. The van der Waals surface area contributed by atoms with Crippen LogP contribution in [0.15, 0.2) is 224 Å². The van der Waals surface area contributed by atoms with Crippen LogP contribution < -0.4 is 4.90 Å². The molecule has 0 aliphatic rings. The van der Waals surface area contributed by atoms with Gasteiger partial charge in [0.1, 0.15) is 0 Å². The number of rotatable bonds is 7. The van der Waals surface area contributed by atoms with Crippen LogP contribution in [0.3, 0.4) is 0 Å². The molecule has 55 heavy (non-hydrogen) atoms. The Hall–Kier alpha value is -7.22. The second-order valence-electron chi connectivity index (χ2n) is 14.1. The molecule has 0 aliphatic heterocycles. The molecule has 0 N–H and O–H groups in total. The van der Waals surface area contributed by atoms with E-state index in [4.69, 9.17) is 0 Å². The predicted molar refractivity (Wildman–Crippen MR) is 235 cm³/mol. The van der Waals surface area contributed by atoms with Crippen LogP contribution in [0.4, 0.5) is 17.1 Å². The summed E-state index contributed by atoms with van der Waals surface area (Å²) >= 11 is 0. The molecule has 10 aromatic carbocycles. The molecule has 0 aromatic heterocycles. The minimum atomic E-state index is 1.10. The Morgan fingerprint density at radius 2 is 0.673 bits per heavy atom. The fourth-order valence-corrected chi connectivity index (χ4v) is 8.13. The number of nitrogens with zero attached hydrogens (tertiary/aromatic N) is 1. The highest BCUT2D eigenvalue weighted by Gasteiger charge is 2.17. The topological polar surface area (TPSA) is 3.24 Å². The van der Waals surface area contributed by atoms with E-state index in [1.165, 1.54) is 76.8 Å². The zero-order chi connectivity index (χ0) is 36.6. The van der Waals surface area contributed by atoms with E-state index >= 15 is 0 Å². The molecule has 0 atom stereocenters. The van der Waals surface area contributed by atoms with Gasteiger partial charge in [0.05, 0.1) is 0 Å². The van der Waals surface area contributed by atoms with E-state index in [0.29, 0.717) is 0 Å². The summed E-state index contributed by atoms with van der Waals surface area (Å²) in [6.45, 7) is 0. The van der Waals surface area contributed by atoms with Crippen LogP contribution in [0.25, 0.3) is 76.8 Å². The standard InChI is InChI=1S/C54H37N/c1-2-13-38(14-3-1)39-27-29-40(30-28-39)41-31-33-46(34-32-41)55(47-20-10-18-43(35-47)50-26-12-17-42-15-4-6-22-49(42)50)48-21-11-19-44(36-48)54-37-45-16-5-7-23-51(45)52-24-8-9-25-53(52)54/h1-37H. The van der Waals surface area contributed by atoms with Gasteiger partial charge in [-0.3, -0.25) is 0 Å². The van der Waals surface area contributed by atoms with Gasteiger partial charge >= 0.3 is 0 Å². The Balaban J connectivity index is 1.10. The minimum Gasteiger partial charge on any atom is -0.310 e. The van der Waals surface area contributed by atoms with Crippen LogP contribution in [-0.4, -0.2) is 0 Å². The molecule has 258 valence electrons. The third-order valence-electron chi connectivity index (χ3n) is 10.8. The molecule has 0 unspecified atom stereocenters. The van der Waals surface area contributed by atoms with Crippen molar-refractivity contribution in [3.63, 3.8) is 0 Å². The van der Waals surface area contributed by atoms with Crippen molar-refractivity contribution in [2.45, 2.75) is 0 Å². The van der Waals surface area contributed by atoms with Gasteiger partial charge in [-0.15, -0.1) is 0 Å². The van der Waals surface area contributed by atoms with Gasteiger partial charge in [-0.25, -0.2) is 0 Å². The second kappa shape index (κ2) is 14.0. The van der Waals surface area contributed by atoms with Gasteiger partial charge in [-0.2, -0.15) is 0 Å². The molecule has 0 bridgehead atoms. The number of anilines is 3. The zero-order valence-corrected chi connectivity index (χ0v) is 30.3. The highest BCUT2D eigenvalue weighted by atomic mass is 15.1. The molecule has 0 spiro atoms. The Morgan fingerprint density at radius 3 is 1.35 bits per heavy atom. The number of hydrogen-bond donors (Lipinski definition) is 0. The van der Waals surface area contributed by atoms with Crippen LogP contribution in [0.2, 0.25) is 0 Å². The Morgan fingerprint density at radius 1 is 0.218 bits per heavy atom. The Labute approximate surface area is 322 Å². The monoisotopic (exact) mass is 699 g/mol. The van der Waals surface area contributed by atoms with Gasteiger partial charge in [-0.1, -0.05) is 182 Å². The molecule has 0 saturated heterocycles. The lowest BCUT2D eigenvalue weighted by molar-refractivity contribution is 1.28. The van der Waals surface area contributed by atoms with Crippen molar-refractivity contribution < 1.29 is 0 Å². The lowest BCUT2D eigenvalue weighted by Gasteiger charge is -2.27. The van der Waals surface area contributed by atoms with Crippen molar-refractivity contribution in [1.29, 1.82) is 0 Å². The van der Waals surface area contributed by atoms with E-state index in [9.17, 15) is 0 Å². The average Bonchev–Trinajstić information content (AvgIpc) is 3.27. The average molecular weight is 700 g/mol. The molecule has 10 aromatic rings.